The molecule has 4 aromatic carbocycles. The Morgan fingerprint density at radius 3 is 1.73 bits per heavy atom. The Balaban J connectivity index is 0.00000177. The lowest BCUT2D eigenvalue weighted by Crippen LogP contribution is -2.19. The van der Waals surface area contributed by atoms with Crippen molar-refractivity contribution in [2.75, 3.05) is 9.80 Å². The Bertz CT molecular complexity index is 1680. The first-order chi connectivity index (χ1) is 21.9. The molecule has 0 spiro atoms. The monoisotopic (exact) mass is 590 g/mol. The molecule has 2 heteroatoms. The highest BCUT2D eigenvalue weighted by atomic mass is 15.2. The van der Waals surface area contributed by atoms with Crippen LogP contribution in [0, 0.1) is 13.8 Å². The third-order valence-electron chi connectivity index (χ3n) is 6.93. The number of hydrogen-bond donors (Lipinski definition) is 0. The fraction of sp³-hybridized carbons (Fsp3) is 0.116. The van der Waals surface area contributed by atoms with Crippen LogP contribution in [0.3, 0.4) is 0 Å². The number of anilines is 4. The number of para-hydroxylation sites is 1. The number of allylic oxidation sites excluding steroid dienone is 9. The molecule has 2 nitrogen and oxygen atoms in total. The van der Waals surface area contributed by atoms with Crippen molar-refractivity contribution in [3.05, 3.63) is 200 Å². The first-order valence-corrected chi connectivity index (χ1v) is 15.3. The largest absolute Gasteiger partial charge is 0.311 e. The number of hydrogen-bond acceptors (Lipinski definition) is 2. The van der Waals surface area contributed by atoms with Crippen molar-refractivity contribution in [1.82, 2.24) is 0 Å². The molecule has 0 saturated carbocycles. The maximum Gasteiger partial charge on any atom is 0.0464 e. The van der Waals surface area contributed by atoms with E-state index in [0.717, 1.165) is 45.3 Å². The zero-order chi connectivity index (χ0) is 32.6. The van der Waals surface area contributed by atoms with Gasteiger partial charge < -0.3 is 9.80 Å². The fourth-order valence-electron chi connectivity index (χ4n) is 4.96. The minimum atomic E-state index is 0.859. The van der Waals surface area contributed by atoms with E-state index in [2.05, 4.69) is 172 Å². The zero-order valence-electron chi connectivity index (χ0n) is 27.4. The van der Waals surface area contributed by atoms with Crippen LogP contribution in [0.15, 0.2) is 183 Å². The van der Waals surface area contributed by atoms with Crippen molar-refractivity contribution in [3.63, 3.8) is 0 Å². The molecule has 0 fully saturated rings. The van der Waals surface area contributed by atoms with Gasteiger partial charge in [-0.05, 0) is 124 Å². The maximum absolute atomic E-state index is 4.45. The average Bonchev–Trinajstić information content (AvgIpc) is 3.03. The van der Waals surface area contributed by atoms with Gasteiger partial charge in [-0.1, -0.05) is 98.1 Å². The summed E-state index contributed by atoms with van der Waals surface area (Å²) < 4.78 is 0. The predicted molar refractivity (Wildman–Crippen MR) is 200 cm³/mol. The summed E-state index contributed by atoms with van der Waals surface area (Å²) in [6, 6.07) is 36.3. The van der Waals surface area contributed by atoms with Crippen LogP contribution >= 0.6 is 0 Å². The molecule has 0 aliphatic heterocycles. The zero-order valence-corrected chi connectivity index (χ0v) is 27.4. The Hall–Kier alpha value is -5.34. The summed E-state index contributed by atoms with van der Waals surface area (Å²) in [4.78, 5) is 4.44. The number of benzene rings is 4. The van der Waals surface area contributed by atoms with E-state index in [-0.39, 0.29) is 0 Å². The van der Waals surface area contributed by atoms with E-state index < -0.39 is 0 Å². The summed E-state index contributed by atoms with van der Waals surface area (Å²) in [7, 11) is 0. The van der Waals surface area contributed by atoms with E-state index in [1.165, 1.54) is 11.1 Å². The molecule has 0 aromatic heterocycles. The third kappa shape index (κ3) is 9.58. The summed E-state index contributed by atoms with van der Waals surface area (Å²) in [5.74, 6) is 0. The normalized spacial score (nSPS) is 11.6. The van der Waals surface area contributed by atoms with Crippen molar-refractivity contribution >= 4 is 28.3 Å². The maximum atomic E-state index is 4.45. The van der Waals surface area contributed by atoms with Crippen molar-refractivity contribution in [3.8, 4) is 0 Å². The molecule has 0 unspecified atom stereocenters. The molecule has 228 valence electrons. The SMILES string of the molecule is C=C/C=C(\C=C/C)N(C(=C)/C=C\C(=C/C)c1ccc(N(c2ccccc2)c2cccc(C)c2)cc1)c1cccc(C)c1.C=CC. The summed E-state index contributed by atoms with van der Waals surface area (Å²) in [6.07, 6.45) is 16.0. The molecule has 0 saturated heterocycles. The molecule has 4 aromatic rings. The van der Waals surface area contributed by atoms with E-state index in [0.29, 0.717) is 0 Å². The quantitative estimate of drug-likeness (QED) is 0.127. The van der Waals surface area contributed by atoms with Crippen molar-refractivity contribution in [2.45, 2.75) is 34.6 Å². The second kappa shape index (κ2) is 17.7. The van der Waals surface area contributed by atoms with Crippen LogP contribution in [0.25, 0.3) is 5.57 Å². The third-order valence-corrected chi connectivity index (χ3v) is 6.93. The van der Waals surface area contributed by atoms with Gasteiger partial charge in [-0.3, -0.25) is 0 Å². The molecule has 45 heavy (non-hydrogen) atoms. The van der Waals surface area contributed by atoms with E-state index in [1.54, 1.807) is 6.08 Å². The van der Waals surface area contributed by atoms with Gasteiger partial charge in [0.2, 0.25) is 0 Å². The van der Waals surface area contributed by atoms with Crippen LogP contribution in [0.2, 0.25) is 0 Å². The first kappa shape index (κ1) is 34.2. The van der Waals surface area contributed by atoms with Crippen LogP contribution in [0.5, 0.6) is 0 Å². The highest BCUT2D eigenvalue weighted by Crippen LogP contribution is 2.35. The number of aryl methyl sites for hydroxylation is 2. The smallest absolute Gasteiger partial charge is 0.0464 e. The highest BCUT2D eigenvalue weighted by molar-refractivity contribution is 5.80. The van der Waals surface area contributed by atoms with E-state index in [4.69, 9.17) is 0 Å². The second-order valence-electron chi connectivity index (χ2n) is 10.5. The van der Waals surface area contributed by atoms with Gasteiger partial charge in [0, 0.05) is 34.1 Å². The van der Waals surface area contributed by atoms with Gasteiger partial charge >= 0.3 is 0 Å². The highest BCUT2D eigenvalue weighted by Gasteiger charge is 2.14. The fourth-order valence-corrected chi connectivity index (χ4v) is 4.96. The number of nitrogens with zero attached hydrogens (tertiary/aromatic N) is 2. The Kier molecular flexibility index (Phi) is 13.4. The molecule has 0 atom stereocenters. The molecular weight excluding hydrogens is 544 g/mol. The Labute approximate surface area is 271 Å². The van der Waals surface area contributed by atoms with Crippen LogP contribution in [0.1, 0.15) is 37.5 Å². The molecule has 0 heterocycles. The van der Waals surface area contributed by atoms with Crippen molar-refractivity contribution in [1.29, 1.82) is 0 Å². The molecule has 0 amide bonds. The van der Waals surface area contributed by atoms with Crippen LogP contribution in [-0.4, -0.2) is 0 Å². The van der Waals surface area contributed by atoms with Gasteiger partial charge in [0.25, 0.3) is 0 Å². The van der Waals surface area contributed by atoms with E-state index in [9.17, 15) is 0 Å². The van der Waals surface area contributed by atoms with Gasteiger partial charge in [0.1, 0.15) is 0 Å². The van der Waals surface area contributed by atoms with E-state index >= 15 is 0 Å². The standard InChI is InChI=1S/C40H40N2.C3H6/c1-7-15-36(16-8-2)41(39-21-13-17-31(4)29-39)33(6)23-24-34(9-3)35-25-27-38(28-26-35)42(37-19-11-10-12-20-37)40-22-14-18-32(5)30-40;1-3-2/h7-30H,1,6H2,2-5H3;3H,1H2,2H3/b16-8-,24-23-,34-9+,36-15+;. The topological polar surface area (TPSA) is 6.48 Å². The summed E-state index contributed by atoms with van der Waals surface area (Å²) in [5.41, 5.74) is 11.0. The minimum Gasteiger partial charge on any atom is -0.311 e. The second-order valence-corrected chi connectivity index (χ2v) is 10.5. The van der Waals surface area contributed by atoms with Crippen LogP contribution in [-0.2, 0) is 0 Å². The molecule has 0 N–H and O–H groups in total. The van der Waals surface area contributed by atoms with Gasteiger partial charge in [-0.25, -0.2) is 0 Å². The Morgan fingerprint density at radius 2 is 1.18 bits per heavy atom. The van der Waals surface area contributed by atoms with Crippen LogP contribution < -0.4 is 9.80 Å². The molecule has 0 aliphatic carbocycles. The van der Waals surface area contributed by atoms with E-state index in [1.807, 2.05) is 38.1 Å². The molecular formula is C43H46N2. The summed E-state index contributed by atoms with van der Waals surface area (Å²) in [6.45, 7) is 22.0. The molecule has 0 bridgehead atoms. The van der Waals surface area contributed by atoms with Gasteiger partial charge in [0.05, 0.1) is 0 Å². The lowest BCUT2D eigenvalue weighted by Gasteiger charge is -2.27. The predicted octanol–water partition coefficient (Wildman–Crippen LogP) is 12.6. The van der Waals surface area contributed by atoms with Gasteiger partial charge in [0.15, 0.2) is 0 Å². The summed E-state index contributed by atoms with van der Waals surface area (Å²) >= 11 is 0. The lowest BCUT2D eigenvalue weighted by molar-refractivity contribution is 1.14. The molecule has 0 aliphatic rings. The first-order valence-electron chi connectivity index (χ1n) is 15.3. The van der Waals surface area contributed by atoms with Gasteiger partial charge in [-0.15, -0.1) is 6.58 Å². The minimum absolute atomic E-state index is 0.859. The lowest BCUT2D eigenvalue weighted by atomic mass is 10.0. The summed E-state index contributed by atoms with van der Waals surface area (Å²) in [5, 5.41) is 0. The van der Waals surface area contributed by atoms with Crippen molar-refractivity contribution in [2.24, 2.45) is 0 Å². The van der Waals surface area contributed by atoms with Gasteiger partial charge in [-0.2, -0.15) is 0 Å². The molecule has 0 radical (unpaired) electrons. The van der Waals surface area contributed by atoms with Crippen LogP contribution in [0.4, 0.5) is 22.7 Å². The Morgan fingerprint density at radius 1 is 0.622 bits per heavy atom. The molecule has 4 rings (SSSR count). The number of rotatable bonds is 11. The average molecular weight is 591 g/mol. The van der Waals surface area contributed by atoms with Crippen molar-refractivity contribution < 1.29 is 0 Å².